The van der Waals surface area contributed by atoms with Crippen LogP contribution in [-0.4, -0.2) is 45.2 Å². The molecule has 4 heterocycles. The zero-order valence-corrected chi connectivity index (χ0v) is 22.2. The molecule has 1 N–H and O–H groups in total. The number of hydrogen-bond acceptors (Lipinski definition) is 8. The van der Waals surface area contributed by atoms with Gasteiger partial charge in [0.05, 0.1) is 24.6 Å². The number of aldehydes is 1. The lowest BCUT2D eigenvalue weighted by Gasteiger charge is -2.19. The van der Waals surface area contributed by atoms with Gasteiger partial charge >= 0.3 is 0 Å². The van der Waals surface area contributed by atoms with E-state index in [1.54, 1.807) is 23.8 Å². The second kappa shape index (κ2) is 11.6. The lowest BCUT2D eigenvalue weighted by molar-refractivity contribution is -0.109. The molecule has 0 saturated carbocycles. The third kappa shape index (κ3) is 5.56. The molecule has 4 aromatic heterocycles. The molecule has 9 nitrogen and oxygen atoms in total. The summed E-state index contributed by atoms with van der Waals surface area (Å²) in [6.07, 6.45) is 2.26. The molecular weight excluding hydrogens is 506 g/mol. The monoisotopic (exact) mass is 534 g/mol. The molecule has 0 spiro atoms. The maximum atomic E-state index is 13.1. The number of anilines is 1. The van der Waals surface area contributed by atoms with Crippen molar-refractivity contribution in [1.82, 2.24) is 24.7 Å². The highest BCUT2D eigenvalue weighted by atomic mass is 35.5. The first-order valence-corrected chi connectivity index (χ1v) is 12.0. The molecule has 0 saturated heterocycles. The van der Waals surface area contributed by atoms with Crippen LogP contribution in [0.3, 0.4) is 0 Å². The molecule has 0 amide bonds. The van der Waals surface area contributed by atoms with Gasteiger partial charge in [0.2, 0.25) is 5.88 Å². The Labute approximate surface area is 218 Å². The molecule has 4 aromatic rings. The summed E-state index contributed by atoms with van der Waals surface area (Å²) in [6, 6.07) is 4.46. The lowest BCUT2D eigenvalue weighted by atomic mass is 9.89. The van der Waals surface area contributed by atoms with Crippen LogP contribution >= 0.6 is 11.6 Å². The topological polar surface area (TPSA) is 107 Å². The molecule has 1 aliphatic rings. The number of methoxy groups -OCH3 is 1. The van der Waals surface area contributed by atoms with Crippen molar-refractivity contribution in [2.24, 2.45) is 0 Å². The molecule has 0 aliphatic heterocycles. The SMILES string of the molecule is CC.CC1(C)CC(C=O)c2cnc3cc(Cl)nn3c21.CNc1cc(C(F)F)c(-c2ccno2)c(OC)n1. The zero-order valence-electron chi connectivity index (χ0n) is 21.4. The minimum absolute atomic E-state index is 0.0638. The fourth-order valence-corrected chi connectivity index (χ4v) is 4.50. The number of nitrogens with zero attached hydrogens (tertiary/aromatic N) is 5. The van der Waals surface area contributed by atoms with Crippen molar-refractivity contribution in [2.45, 2.75) is 51.9 Å². The molecule has 198 valence electrons. The quantitative estimate of drug-likeness (QED) is 0.306. The lowest BCUT2D eigenvalue weighted by Crippen LogP contribution is -2.17. The van der Waals surface area contributed by atoms with Gasteiger partial charge in [0.1, 0.15) is 12.1 Å². The van der Waals surface area contributed by atoms with Crippen LogP contribution in [0.25, 0.3) is 17.0 Å². The van der Waals surface area contributed by atoms with Crippen molar-refractivity contribution in [3.63, 3.8) is 0 Å². The molecule has 12 heteroatoms. The normalized spacial score (nSPS) is 15.4. The Balaban J connectivity index is 0.000000193. The van der Waals surface area contributed by atoms with Crippen LogP contribution in [0, 0.1) is 0 Å². The number of aromatic nitrogens is 5. The van der Waals surface area contributed by atoms with Crippen LogP contribution in [0.2, 0.25) is 5.15 Å². The van der Waals surface area contributed by atoms with E-state index in [4.69, 9.17) is 20.9 Å². The first-order chi connectivity index (χ1) is 17.7. The van der Waals surface area contributed by atoms with Crippen LogP contribution < -0.4 is 10.1 Å². The van der Waals surface area contributed by atoms with Crippen molar-refractivity contribution in [3.8, 4) is 17.2 Å². The van der Waals surface area contributed by atoms with Crippen LogP contribution in [0.15, 0.2) is 35.1 Å². The largest absolute Gasteiger partial charge is 0.480 e. The van der Waals surface area contributed by atoms with E-state index < -0.39 is 6.43 Å². The highest BCUT2D eigenvalue weighted by molar-refractivity contribution is 6.29. The number of alkyl halides is 2. The van der Waals surface area contributed by atoms with Gasteiger partial charge in [-0.25, -0.2) is 18.3 Å². The number of carbonyl (C=O) groups is 1. The van der Waals surface area contributed by atoms with E-state index in [-0.39, 0.29) is 34.1 Å². The number of halogens is 3. The van der Waals surface area contributed by atoms with Gasteiger partial charge in [0, 0.05) is 47.8 Å². The molecule has 0 radical (unpaired) electrons. The van der Waals surface area contributed by atoms with E-state index in [0.717, 1.165) is 29.6 Å². The predicted molar refractivity (Wildman–Crippen MR) is 137 cm³/mol. The standard InChI is InChI=1S/C12H12ClN3O.C11H11F2N3O2.C2H6/c1-12(2)4-7(6-17)8-5-14-10-3-9(13)15-16(10)11(8)12;1-14-8-5-6(10(12)13)9(11(16-8)17-2)7-3-4-15-18-7;1-2/h3,5-7H,4H2,1-2H3;3-5,10H,1-2H3,(H,14,16);1-2H3. The number of fused-ring (bicyclic) bond motifs is 3. The summed E-state index contributed by atoms with van der Waals surface area (Å²) in [4.78, 5) is 19.5. The van der Waals surface area contributed by atoms with Crippen LogP contribution in [0.4, 0.5) is 14.6 Å². The second-order valence-electron chi connectivity index (χ2n) is 8.54. The fourth-order valence-electron chi connectivity index (χ4n) is 4.33. The van der Waals surface area contributed by atoms with Gasteiger partial charge in [-0.3, -0.25) is 0 Å². The van der Waals surface area contributed by atoms with E-state index in [1.165, 1.54) is 25.4 Å². The summed E-state index contributed by atoms with van der Waals surface area (Å²) in [7, 11) is 2.95. The first kappa shape index (κ1) is 28.0. The maximum absolute atomic E-state index is 13.1. The minimum atomic E-state index is -2.67. The van der Waals surface area contributed by atoms with Crippen LogP contribution in [0.5, 0.6) is 5.88 Å². The summed E-state index contributed by atoms with van der Waals surface area (Å²) < 4.78 is 37.9. The maximum Gasteiger partial charge on any atom is 0.264 e. The average Bonchev–Trinajstić information content (AvgIpc) is 3.61. The molecule has 5 rings (SSSR count). The molecule has 37 heavy (non-hydrogen) atoms. The Morgan fingerprint density at radius 2 is 2.05 bits per heavy atom. The third-order valence-electron chi connectivity index (χ3n) is 5.80. The van der Waals surface area contributed by atoms with Gasteiger partial charge in [-0.1, -0.05) is 44.5 Å². The van der Waals surface area contributed by atoms with Crippen LogP contribution in [-0.2, 0) is 10.2 Å². The molecule has 1 aliphatic carbocycles. The third-order valence-corrected chi connectivity index (χ3v) is 5.99. The molecule has 1 atom stereocenters. The predicted octanol–water partition coefficient (Wildman–Crippen LogP) is 6.10. The molecule has 1 unspecified atom stereocenters. The van der Waals surface area contributed by atoms with Crippen molar-refractivity contribution < 1.29 is 22.8 Å². The van der Waals surface area contributed by atoms with Gasteiger partial charge < -0.3 is 19.4 Å². The number of carbonyl (C=O) groups excluding carboxylic acids is 1. The Kier molecular flexibility index (Phi) is 8.80. The number of nitrogens with one attached hydrogen (secondary N) is 1. The smallest absolute Gasteiger partial charge is 0.264 e. The molecule has 0 bridgehead atoms. The van der Waals surface area contributed by atoms with E-state index in [2.05, 4.69) is 39.4 Å². The molecule has 0 fully saturated rings. The summed E-state index contributed by atoms with van der Waals surface area (Å²) in [5, 5.41) is 10.9. The number of hydrogen-bond donors (Lipinski definition) is 1. The van der Waals surface area contributed by atoms with E-state index >= 15 is 0 Å². The Morgan fingerprint density at radius 1 is 1.32 bits per heavy atom. The summed E-state index contributed by atoms with van der Waals surface area (Å²) in [5.74, 6) is 0.469. The van der Waals surface area contributed by atoms with Crippen molar-refractivity contribution >= 4 is 29.4 Å². The Morgan fingerprint density at radius 3 is 2.62 bits per heavy atom. The fraction of sp³-hybridized carbons (Fsp3) is 0.400. The summed E-state index contributed by atoms with van der Waals surface area (Å²) in [5.41, 5.74) is 2.56. The van der Waals surface area contributed by atoms with Gasteiger partial charge in [-0.15, -0.1) is 0 Å². The highest BCUT2D eigenvalue weighted by Crippen LogP contribution is 2.44. The zero-order chi connectivity index (χ0) is 27.3. The molecular formula is C25H29ClF2N6O3. The van der Waals surface area contributed by atoms with Gasteiger partial charge in [-0.05, 0) is 12.5 Å². The second-order valence-corrected chi connectivity index (χ2v) is 8.93. The highest BCUT2D eigenvalue weighted by Gasteiger charge is 2.39. The summed E-state index contributed by atoms with van der Waals surface area (Å²) in [6.45, 7) is 8.23. The number of rotatable bonds is 5. The Hall–Kier alpha value is -3.60. The van der Waals surface area contributed by atoms with Gasteiger partial charge in [0.15, 0.2) is 16.6 Å². The first-order valence-electron chi connectivity index (χ1n) is 11.7. The number of pyridine rings is 1. The molecule has 0 aromatic carbocycles. The van der Waals surface area contributed by atoms with Crippen molar-refractivity contribution in [1.29, 1.82) is 0 Å². The minimum Gasteiger partial charge on any atom is -0.480 e. The summed E-state index contributed by atoms with van der Waals surface area (Å²) >= 11 is 5.91. The van der Waals surface area contributed by atoms with Gasteiger partial charge in [0.25, 0.3) is 6.43 Å². The number of ether oxygens (including phenoxy) is 1. The van der Waals surface area contributed by atoms with Crippen molar-refractivity contribution in [2.75, 3.05) is 19.5 Å². The average molecular weight is 535 g/mol. The van der Waals surface area contributed by atoms with Crippen molar-refractivity contribution in [3.05, 3.63) is 52.6 Å². The van der Waals surface area contributed by atoms with Crippen LogP contribution in [0.1, 0.15) is 63.3 Å². The van der Waals surface area contributed by atoms with E-state index in [9.17, 15) is 13.6 Å². The van der Waals surface area contributed by atoms with E-state index in [0.29, 0.717) is 11.0 Å². The van der Waals surface area contributed by atoms with E-state index in [1.807, 2.05) is 13.8 Å². The van der Waals surface area contributed by atoms with Gasteiger partial charge in [-0.2, -0.15) is 10.1 Å². The Bertz CT molecular complexity index is 1360.